The Balaban J connectivity index is 2.01. The van der Waals surface area contributed by atoms with Crippen molar-refractivity contribution in [2.45, 2.75) is 25.7 Å². The fourth-order valence-electron chi connectivity index (χ4n) is 2.12. The highest BCUT2D eigenvalue weighted by Gasteiger charge is 2.44. The third-order valence-electron chi connectivity index (χ3n) is 3.20. The maximum absolute atomic E-state index is 5.38. The Morgan fingerprint density at radius 3 is 2.36 bits per heavy atom. The van der Waals surface area contributed by atoms with Crippen LogP contribution in [0.3, 0.4) is 0 Å². The zero-order chi connectivity index (χ0) is 7.73. The Morgan fingerprint density at radius 1 is 1.27 bits per heavy atom. The summed E-state index contributed by atoms with van der Waals surface area (Å²) in [6.07, 6.45) is 5.49. The molecule has 0 atom stereocenters. The summed E-state index contributed by atoms with van der Waals surface area (Å²) in [7, 11) is 0. The second kappa shape index (κ2) is 3.06. The van der Waals surface area contributed by atoms with E-state index in [1.54, 1.807) is 0 Å². The molecule has 0 amide bonds. The molecule has 1 aliphatic carbocycles. The Kier molecular flexibility index (Phi) is 2.24. The first-order valence-corrected chi connectivity index (χ1v) is 5.63. The lowest BCUT2D eigenvalue weighted by Crippen LogP contribution is -2.33. The number of halogens is 1. The van der Waals surface area contributed by atoms with Crippen LogP contribution in [-0.4, -0.2) is 18.5 Å². The lowest BCUT2D eigenvalue weighted by atomic mass is 9.78. The van der Waals surface area contributed by atoms with E-state index in [0.717, 1.165) is 19.1 Å². The smallest absolute Gasteiger partial charge is 0.0471 e. The van der Waals surface area contributed by atoms with Crippen molar-refractivity contribution in [3.8, 4) is 0 Å². The summed E-state index contributed by atoms with van der Waals surface area (Å²) in [5, 5.41) is 1.19. The van der Waals surface area contributed by atoms with Crippen LogP contribution in [0.2, 0.25) is 0 Å². The van der Waals surface area contributed by atoms with Gasteiger partial charge in [0.05, 0.1) is 0 Å². The van der Waals surface area contributed by atoms with Crippen LogP contribution in [0, 0.1) is 11.3 Å². The van der Waals surface area contributed by atoms with Crippen LogP contribution in [0.15, 0.2) is 0 Å². The van der Waals surface area contributed by atoms with Gasteiger partial charge in [0.15, 0.2) is 0 Å². The van der Waals surface area contributed by atoms with E-state index in [9.17, 15) is 0 Å². The molecule has 0 bridgehead atoms. The van der Waals surface area contributed by atoms with E-state index < -0.39 is 0 Å². The normalized spacial score (nSPS) is 30.3. The highest BCUT2D eigenvalue weighted by Crippen LogP contribution is 2.52. The summed E-state index contributed by atoms with van der Waals surface area (Å²) in [5.41, 5.74) is 0.623. The lowest BCUT2D eigenvalue weighted by Gasteiger charge is -2.35. The average Bonchev–Trinajstić information content (AvgIpc) is 2.88. The molecule has 2 heteroatoms. The molecular formula is C9H15BrO. The zero-order valence-electron chi connectivity index (χ0n) is 6.81. The predicted molar refractivity (Wildman–Crippen MR) is 49.0 cm³/mol. The summed E-state index contributed by atoms with van der Waals surface area (Å²) >= 11 is 3.65. The van der Waals surface area contributed by atoms with Gasteiger partial charge in [0.2, 0.25) is 0 Å². The summed E-state index contributed by atoms with van der Waals surface area (Å²) in [6.45, 7) is 1.98. The first kappa shape index (κ1) is 8.06. The van der Waals surface area contributed by atoms with Crippen LogP contribution in [0.4, 0.5) is 0 Å². The molecule has 0 spiro atoms. The summed E-state index contributed by atoms with van der Waals surface area (Å²) in [4.78, 5) is 0. The number of alkyl halides is 1. The van der Waals surface area contributed by atoms with E-state index in [2.05, 4.69) is 15.9 Å². The highest BCUT2D eigenvalue weighted by molar-refractivity contribution is 9.09. The SMILES string of the molecule is BrCC1(C2CC2)CCOCC1. The van der Waals surface area contributed by atoms with Gasteiger partial charge in [-0.25, -0.2) is 0 Å². The van der Waals surface area contributed by atoms with Crippen molar-refractivity contribution in [1.82, 2.24) is 0 Å². The average molecular weight is 219 g/mol. The predicted octanol–water partition coefficient (Wildman–Crippen LogP) is 2.59. The molecule has 1 saturated carbocycles. The molecular weight excluding hydrogens is 204 g/mol. The van der Waals surface area contributed by atoms with Gasteiger partial charge in [-0.3, -0.25) is 0 Å². The van der Waals surface area contributed by atoms with Gasteiger partial charge < -0.3 is 4.74 Å². The van der Waals surface area contributed by atoms with Crippen LogP contribution in [0.1, 0.15) is 25.7 Å². The van der Waals surface area contributed by atoms with Crippen molar-refractivity contribution in [3.63, 3.8) is 0 Å². The fourth-order valence-corrected chi connectivity index (χ4v) is 3.14. The molecule has 0 aromatic rings. The number of ether oxygens (including phenoxy) is 1. The van der Waals surface area contributed by atoms with Crippen molar-refractivity contribution in [2.75, 3.05) is 18.5 Å². The van der Waals surface area contributed by atoms with Gasteiger partial charge in [-0.15, -0.1) is 0 Å². The van der Waals surface area contributed by atoms with Crippen LogP contribution >= 0.6 is 15.9 Å². The molecule has 2 fully saturated rings. The zero-order valence-corrected chi connectivity index (χ0v) is 8.40. The Bertz CT molecular complexity index is 136. The molecule has 0 N–H and O–H groups in total. The van der Waals surface area contributed by atoms with Gasteiger partial charge in [0, 0.05) is 18.5 Å². The van der Waals surface area contributed by atoms with Gasteiger partial charge in [-0.2, -0.15) is 0 Å². The first-order valence-electron chi connectivity index (χ1n) is 4.51. The quantitative estimate of drug-likeness (QED) is 0.648. The van der Waals surface area contributed by atoms with E-state index in [4.69, 9.17) is 4.74 Å². The largest absolute Gasteiger partial charge is 0.381 e. The molecule has 0 aromatic heterocycles. The molecule has 1 aliphatic heterocycles. The van der Waals surface area contributed by atoms with Gasteiger partial charge >= 0.3 is 0 Å². The summed E-state index contributed by atoms with van der Waals surface area (Å²) < 4.78 is 5.38. The van der Waals surface area contributed by atoms with E-state index in [-0.39, 0.29) is 0 Å². The summed E-state index contributed by atoms with van der Waals surface area (Å²) in [5.74, 6) is 1.02. The van der Waals surface area contributed by atoms with E-state index in [1.165, 1.54) is 31.0 Å². The third kappa shape index (κ3) is 1.48. The van der Waals surface area contributed by atoms with Gasteiger partial charge in [0.1, 0.15) is 0 Å². The minimum absolute atomic E-state index is 0.623. The van der Waals surface area contributed by atoms with Gasteiger partial charge in [-0.1, -0.05) is 15.9 Å². The van der Waals surface area contributed by atoms with Gasteiger partial charge in [0.25, 0.3) is 0 Å². The fraction of sp³-hybridized carbons (Fsp3) is 1.00. The molecule has 0 radical (unpaired) electrons. The van der Waals surface area contributed by atoms with E-state index in [0.29, 0.717) is 5.41 Å². The number of hydrogen-bond donors (Lipinski definition) is 0. The maximum Gasteiger partial charge on any atom is 0.0471 e. The van der Waals surface area contributed by atoms with E-state index in [1.807, 2.05) is 0 Å². The molecule has 64 valence electrons. The molecule has 0 unspecified atom stereocenters. The molecule has 1 nitrogen and oxygen atoms in total. The standard InChI is InChI=1S/C9H15BrO/c10-7-9(8-1-2-8)3-5-11-6-4-9/h8H,1-7H2. The molecule has 1 saturated heterocycles. The Labute approximate surface area is 76.6 Å². The van der Waals surface area contributed by atoms with Crippen LogP contribution in [0.5, 0.6) is 0 Å². The minimum atomic E-state index is 0.623. The topological polar surface area (TPSA) is 9.23 Å². The third-order valence-corrected chi connectivity index (χ3v) is 4.31. The molecule has 11 heavy (non-hydrogen) atoms. The van der Waals surface area contributed by atoms with Crippen molar-refractivity contribution < 1.29 is 4.74 Å². The second-order valence-corrected chi connectivity index (χ2v) is 4.44. The lowest BCUT2D eigenvalue weighted by molar-refractivity contribution is 0.0160. The molecule has 2 rings (SSSR count). The van der Waals surface area contributed by atoms with Crippen LogP contribution in [0.25, 0.3) is 0 Å². The summed E-state index contributed by atoms with van der Waals surface area (Å²) in [6, 6.07) is 0. The Morgan fingerprint density at radius 2 is 1.91 bits per heavy atom. The van der Waals surface area contributed by atoms with Crippen LogP contribution in [-0.2, 0) is 4.74 Å². The van der Waals surface area contributed by atoms with Crippen molar-refractivity contribution in [3.05, 3.63) is 0 Å². The molecule has 0 aromatic carbocycles. The second-order valence-electron chi connectivity index (χ2n) is 3.88. The van der Waals surface area contributed by atoms with Crippen molar-refractivity contribution >= 4 is 15.9 Å². The maximum atomic E-state index is 5.38. The Hall–Kier alpha value is 0.440. The van der Waals surface area contributed by atoms with Crippen molar-refractivity contribution in [1.29, 1.82) is 0 Å². The van der Waals surface area contributed by atoms with Crippen LogP contribution < -0.4 is 0 Å². The minimum Gasteiger partial charge on any atom is -0.381 e. The van der Waals surface area contributed by atoms with E-state index >= 15 is 0 Å². The monoisotopic (exact) mass is 218 g/mol. The highest BCUT2D eigenvalue weighted by atomic mass is 79.9. The van der Waals surface area contributed by atoms with Gasteiger partial charge in [-0.05, 0) is 37.0 Å². The number of hydrogen-bond acceptors (Lipinski definition) is 1. The van der Waals surface area contributed by atoms with Crippen molar-refractivity contribution in [2.24, 2.45) is 11.3 Å². The molecule has 1 heterocycles. The number of rotatable bonds is 2. The first-order chi connectivity index (χ1) is 5.37. The molecule has 2 aliphatic rings.